The number of halogens is 5. The number of aryl methyl sites for hydroxylation is 1. The van der Waals surface area contributed by atoms with Gasteiger partial charge in [-0.3, -0.25) is 4.79 Å². The maximum Gasteiger partial charge on any atom is 0.459 e. The molecular formula is C22H18F5N5O. The van der Waals surface area contributed by atoms with E-state index in [1.54, 1.807) is 6.92 Å². The van der Waals surface area contributed by atoms with Gasteiger partial charge in [0.1, 0.15) is 5.69 Å². The first-order valence-corrected chi connectivity index (χ1v) is 9.84. The van der Waals surface area contributed by atoms with E-state index in [0.717, 1.165) is 17.3 Å². The van der Waals surface area contributed by atoms with Gasteiger partial charge in [-0.2, -0.15) is 27.1 Å². The normalized spacial score (nSPS) is 13.3. The number of nitrogens with zero attached hydrogens (tertiary/aromatic N) is 4. The van der Waals surface area contributed by atoms with Gasteiger partial charge in [0.2, 0.25) is 0 Å². The van der Waals surface area contributed by atoms with Crippen LogP contribution in [0.25, 0.3) is 11.3 Å². The molecule has 33 heavy (non-hydrogen) atoms. The highest BCUT2D eigenvalue weighted by Crippen LogP contribution is 2.43. The maximum absolute atomic E-state index is 14.0. The number of hydrogen-bond acceptors (Lipinski definition) is 3. The van der Waals surface area contributed by atoms with E-state index < -0.39 is 29.7 Å². The van der Waals surface area contributed by atoms with Gasteiger partial charge in [0.15, 0.2) is 11.3 Å². The van der Waals surface area contributed by atoms with Crippen molar-refractivity contribution in [3.63, 3.8) is 0 Å². The molecule has 6 nitrogen and oxygen atoms in total. The summed E-state index contributed by atoms with van der Waals surface area (Å²) in [7, 11) is 0. The van der Waals surface area contributed by atoms with E-state index >= 15 is 0 Å². The minimum Gasteiger partial charge on any atom is -0.344 e. The maximum atomic E-state index is 14.0. The first-order valence-electron chi connectivity index (χ1n) is 9.84. The van der Waals surface area contributed by atoms with Crippen molar-refractivity contribution in [1.29, 1.82) is 0 Å². The Kier molecular flexibility index (Phi) is 5.43. The molecule has 4 rings (SSSR count). The number of alkyl halides is 5. The van der Waals surface area contributed by atoms with Gasteiger partial charge < -0.3 is 9.88 Å². The minimum absolute atomic E-state index is 0.0653. The van der Waals surface area contributed by atoms with Gasteiger partial charge in [-0.25, -0.2) is 9.50 Å². The van der Waals surface area contributed by atoms with Crippen molar-refractivity contribution < 1.29 is 26.7 Å². The van der Waals surface area contributed by atoms with Crippen LogP contribution in [0.5, 0.6) is 0 Å². The van der Waals surface area contributed by atoms with Crippen LogP contribution in [0.15, 0.2) is 60.9 Å². The Balaban J connectivity index is 1.59. The standard InChI is InChI=1S/C22H18F5N5O/c1-13-11-18(21(23,24)22(25,26)27)32-19(28-13)12-17(30-32)20(33)29-14(2)15-5-7-16(8-6-15)31-9-3-4-10-31/h3-12,14H,1-2H3,(H,29,33). The molecule has 0 bridgehead atoms. The Morgan fingerprint density at radius 3 is 2.27 bits per heavy atom. The molecule has 0 fully saturated rings. The summed E-state index contributed by atoms with van der Waals surface area (Å²) in [4.78, 5) is 16.6. The molecule has 1 N–H and O–H groups in total. The number of amides is 1. The molecule has 172 valence electrons. The average Bonchev–Trinajstić information content (AvgIpc) is 3.42. The highest BCUT2D eigenvalue weighted by molar-refractivity contribution is 5.93. The van der Waals surface area contributed by atoms with Gasteiger partial charge in [0.05, 0.1) is 6.04 Å². The number of carbonyl (C=O) groups is 1. The third-order valence-corrected chi connectivity index (χ3v) is 5.11. The Labute approximate surface area is 184 Å². The first-order chi connectivity index (χ1) is 15.5. The van der Waals surface area contributed by atoms with Crippen molar-refractivity contribution in [1.82, 2.24) is 24.5 Å². The highest BCUT2D eigenvalue weighted by atomic mass is 19.4. The van der Waals surface area contributed by atoms with E-state index in [1.165, 1.54) is 6.92 Å². The van der Waals surface area contributed by atoms with E-state index in [9.17, 15) is 26.7 Å². The summed E-state index contributed by atoms with van der Waals surface area (Å²) in [5, 5.41) is 6.36. The first kappa shape index (κ1) is 22.4. The molecule has 0 saturated carbocycles. The fraction of sp³-hybridized carbons (Fsp3) is 0.227. The molecule has 0 aliphatic rings. The molecule has 3 heterocycles. The van der Waals surface area contributed by atoms with Gasteiger partial charge in [-0.05, 0) is 49.7 Å². The molecule has 0 saturated heterocycles. The smallest absolute Gasteiger partial charge is 0.344 e. The fourth-order valence-corrected chi connectivity index (χ4v) is 3.38. The summed E-state index contributed by atoms with van der Waals surface area (Å²) in [6, 6.07) is 12.3. The Morgan fingerprint density at radius 2 is 1.67 bits per heavy atom. The molecule has 1 unspecified atom stereocenters. The molecule has 0 aliphatic heterocycles. The quantitative estimate of drug-likeness (QED) is 0.425. The summed E-state index contributed by atoms with van der Waals surface area (Å²) in [5.74, 6) is -5.91. The topological polar surface area (TPSA) is 64.2 Å². The molecular weight excluding hydrogens is 445 g/mol. The Hall–Kier alpha value is -3.76. The number of carbonyl (C=O) groups excluding carboxylic acids is 1. The van der Waals surface area contributed by atoms with Gasteiger partial charge >= 0.3 is 12.1 Å². The molecule has 0 radical (unpaired) electrons. The van der Waals surface area contributed by atoms with Crippen molar-refractivity contribution in [2.45, 2.75) is 32.0 Å². The summed E-state index contributed by atoms with van der Waals surface area (Å²) in [5.41, 5.74) is -0.413. The molecule has 3 aromatic heterocycles. The Bertz CT molecular complexity index is 1290. The highest BCUT2D eigenvalue weighted by Gasteiger charge is 2.60. The number of benzene rings is 1. The van der Waals surface area contributed by atoms with Crippen LogP contribution < -0.4 is 5.32 Å². The Morgan fingerprint density at radius 1 is 1.03 bits per heavy atom. The van der Waals surface area contributed by atoms with Crippen LogP contribution in [0.4, 0.5) is 22.0 Å². The minimum atomic E-state index is -5.83. The summed E-state index contributed by atoms with van der Waals surface area (Å²) in [6.45, 7) is 2.99. The summed E-state index contributed by atoms with van der Waals surface area (Å²) < 4.78 is 69.1. The van der Waals surface area contributed by atoms with Crippen LogP contribution in [0.3, 0.4) is 0 Å². The zero-order chi connectivity index (χ0) is 24.0. The van der Waals surface area contributed by atoms with Crippen molar-refractivity contribution in [2.75, 3.05) is 0 Å². The number of nitrogens with one attached hydrogen (secondary N) is 1. The lowest BCUT2D eigenvalue weighted by Crippen LogP contribution is -2.36. The third kappa shape index (κ3) is 4.18. The van der Waals surface area contributed by atoms with Crippen molar-refractivity contribution in [3.8, 4) is 5.69 Å². The lowest BCUT2D eigenvalue weighted by atomic mass is 10.1. The van der Waals surface area contributed by atoms with Crippen LogP contribution in [0.1, 0.15) is 40.4 Å². The summed E-state index contributed by atoms with van der Waals surface area (Å²) >= 11 is 0. The van der Waals surface area contributed by atoms with Crippen LogP contribution in [-0.4, -0.2) is 31.2 Å². The molecule has 0 aliphatic carbocycles. The fourth-order valence-electron chi connectivity index (χ4n) is 3.38. The lowest BCUT2D eigenvalue weighted by molar-refractivity contribution is -0.291. The molecule has 0 spiro atoms. The van der Waals surface area contributed by atoms with Gasteiger partial charge in [0.25, 0.3) is 5.91 Å². The average molecular weight is 463 g/mol. The van der Waals surface area contributed by atoms with E-state index in [-0.39, 0.29) is 17.0 Å². The van der Waals surface area contributed by atoms with Gasteiger partial charge in [-0.15, -0.1) is 0 Å². The molecule has 1 aromatic carbocycles. The zero-order valence-electron chi connectivity index (χ0n) is 17.4. The van der Waals surface area contributed by atoms with Crippen LogP contribution in [-0.2, 0) is 5.92 Å². The lowest BCUT2D eigenvalue weighted by Gasteiger charge is -2.20. The number of rotatable bonds is 5. The van der Waals surface area contributed by atoms with Crippen molar-refractivity contribution in [3.05, 3.63) is 83.6 Å². The predicted octanol–water partition coefficient (Wildman–Crippen LogP) is 4.97. The second kappa shape index (κ2) is 7.98. The predicted molar refractivity (Wildman–Crippen MR) is 109 cm³/mol. The molecule has 11 heteroatoms. The second-order valence-electron chi connectivity index (χ2n) is 7.53. The number of fused-ring (bicyclic) bond motifs is 1. The second-order valence-corrected chi connectivity index (χ2v) is 7.53. The van der Waals surface area contributed by atoms with E-state index in [4.69, 9.17) is 0 Å². The number of aromatic nitrogens is 4. The molecule has 4 aromatic rings. The van der Waals surface area contributed by atoms with Gasteiger partial charge in [0, 0.05) is 29.8 Å². The van der Waals surface area contributed by atoms with E-state index in [1.807, 2.05) is 53.4 Å². The SMILES string of the molecule is Cc1cc(C(F)(F)C(F)(F)F)n2nc(C(=O)NC(C)c3ccc(-n4cccc4)cc3)cc2n1. The summed E-state index contributed by atoms with van der Waals surface area (Å²) in [6.07, 6.45) is -2.06. The third-order valence-electron chi connectivity index (χ3n) is 5.11. The van der Waals surface area contributed by atoms with Crippen LogP contribution in [0, 0.1) is 6.92 Å². The van der Waals surface area contributed by atoms with Crippen molar-refractivity contribution >= 4 is 11.6 Å². The van der Waals surface area contributed by atoms with E-state index in [2.05, 4.69) is 15.4 Å². The zero-order valence-corrected chi connectivity index (χ0v) is 17.4. The monoisotopic (exact) mass is 463 g/mol. The van der Waals surface area contributed by atoms with Crippen LogP contribution >= 0.6 is 0 Å². The van der Waals surface area contributed by atoms with Gasteiger partial charge in [-0.1, -0.05) is 12.1 Å². The number of hydrogen-bond donors (Lipinski definition) is 1. The largest absolute Gasteiger partial charge is 0.459 e. The molecule has 1 amide bonds. The van der Waals surface area contributed by atoms with E-state index in [0.29, 0.717) is 10.6 Å². The van der Waals surface area contributed by atoms with Crippen LogP contribution in [0.2, 0.25) is 0 Å². The van der Waals surface area contributed by atoms with Crippen molar-refractivity contribution in [2.24, 2.45) is 0 Å². The molecule has 1 atom stereocenters.